The van der Waals surface area contributed by atoms with Gasteiger partial charge in [0, 0.05) is 16.0 Å². The first-order valence-corrected chi connectivity index (χ1v) is 7.87. The second kappa shape index (κ2) is 5.95. The number of anilines is 1. The van der Waals surface area contributed by atoms with E-state index in [2.05, 4.69) is 21.2 Å². The van der Waals surface area contributed by atoms with Gasteiger partial charge >= 0.3 is 0 Å². The van der Waals surface area contributed by atoms with Crippen molar-refractivity contribution in [3.05, 3.63) is 49.9 Å². The van der Waals surface area contributed by atoms with Crippen LogP contribution in [0, 0.1) is 6.92 Å². The van der Waals surface area contributed by atoms with Crippen molar-refractivity contribution in [1.29, 1.82) is 0 Å². The predicted molar refractivity (Wildman–Crippen MR) is 88.8 cm³/mol. The Morgan fingerprint density at radius 2 is 1.95 bits per heavy atom. The van der Waals surface area contributed by atoms with Crippen LogP contribution in [0.5, 0.6) is 11.5 Å². The standard InChI is InChI=1S/C15H12BrCl2NO2/c1-8-2-10(16)13(5-11(8)17)19-6-9-3-12(18)15-14(4-9)20-7-21-15/h2-5,19H,6-7H2,1H3. The molecule has 0 unspecified atom stereocenters. The summed E-state index contributed by atoms with van der Waals surface area (Å²) < 4.78 is 11.6. The second-order valence-corrected chi connectivity index (χ2v) is 6.41. The van der Waals surface area contributed by atoms with Gasteiger partial charge in [0.05, 0.1) is 10.7 Å². The van der Waals surface area contributed by atoms with Crippen molar-refractivity contribution < 1.29 is 9.47 Å². The van der Waals surface area contributed by atoms with Gasteiger partial charge in [-0.1, -0.05) is 23.2 Å². The molecular weight excluding hydrogens is 377 g/mol. The number of halogens is 3. The van der Waals surface area contributed by atoms with Crippen LogP contribution < -0.4 is 14.8 Å². The minimum atomic E-state index is 0.213. The topological polar surface area (TPSA) is 30.5 Å². The largest absolute Gasteiger partial charge is 0.454 e. The monoisotopic (exact) mass is 387 g/mol. The molecular formula is C15H12BrCl2NO2. The average Bonchev–Trinajstić information content (AvgIpc) is 2.90. The van der Waals surface area contributed by atoms with E-state index in [1.807, 2.05) is 31.2 Å². The molecule has 1 aliphatic rings. The van der Waals surface area contributed by atoms with E-state index in [0.29, 0.717) is 23.1 Å². The van der Waals surface area contributed by atoms with E-state index in [4.69, 9.17) is 32.7 Å². The van der Waals surface area contributed by atoms with E-state index < -0.39 is 0 Å². The molecule has 0 saturated heterocycles. The van der Waals surface area contributed by atoms with Gasteiger partial charge in [-0.25, -0.2) is 0 Å². The van der Waals surface area contributed by atoms with Crippen molar-refractivity contribution in [2.75, 3.05) is 12.1 Å². The Hall–Kier alpha value is -1.10. The summed E-state index contributed by atoms with van der Waals surface area (Å²) >= 11 is 15.8. The lowest BCUT2D eigenvalue weighted by atomic mass is 10.2. The number of fused-ring (bicyclic) bond motifs is 1. The lowest BCUT2D eigenvalue weighted by molar-refractivity contribution is 0.174. The summed E-state index contributed by atoms with van der Waals surface area (Å²) in [7, 11) is 0. The zero-order valence-electron chi connectivity index (χ0n) is 11.2. The minimum Gasteiger partial charge on any atom is -0.454 e. The zero-order valence-corrected chi connectivity index (χ0v) is 14.3. The van der Waals surface area contributed by atoms with Crippen LogP contribution >= 0.6 is 39.1 Å². The van der Waals surface area contributed by atoms with Crippen LogP contribution in [-0.2, 0) is 6.54 Å². The normalized spacial score (nSPS) is 12.6. The number of hydrogen-bond donors (Lipinski definition) is 1. The summed E-state index contributed by atoms with van der Waals surface area (Å²) in [6, 6.07) is 7.67. The number of aryl methyl sites for hydroxylation is 1. The van der Waals surface area contributed by atoms with Crippen LogP contribution in [0.15, 0.2) is 28.7 Å². The highest BCUT2D eigenvalue weighted by Gasteiger charge is 2.18. The van der Waals surface area contributed by atoms with Crippen LogP contribution in [0.25, 0.3) is 0 Å². The first-order valence-electron chi connectivity index (χ1n) is 6.32. The maximum atomic E-state index is 6.17. The van der Waals surface area contributed by atoms with E-state index >= 15 is 0 Å². The molecule has 110 valence electrons. The van der Waals surface area contributed by atoms with Gasteiger partial charge in [0.15, 0.2) is 11.5 Å². The molecule has 21 heavy (non-hydrogen) atoms. The van der Waals surface area contributed by atoms with E-state index in [1.165, 1.54) is 0 Å². The van der Waals surface area contributed by atoms with Gasteiger partial charge in [-0.05, 0) is 58.2 Å². The Morgan fingerprint density at radius 1 is 1.14 bits per heavy atom. The summed E-state index contributed by atoms with van der Waals surface area (Å²) in [5.74, 6) is 1.29. The Kier molecular flexibility index (Phi) is 4.20. The van der Waals surface area contributed by atoms with Gasteiger partial charge in [0.1, 0.15) is 0 Å². The molecule has 1 aliphatic heterocycles. The molecule has 3 nitrogen and oxygen atoms in total. The fourth-order valence-corrected chi connectivity index (χ4v) is 3.15. The summed E-state index contributed by atoms with van der Waals surface area (Å²) in [6.45, 7) is 2.79. The molecule has 0 fully saturated rings. The van der Waals surface area contributed by atoms with Crippen molar-refractivity contribution in [1.82, 2.24) is 0 Å². The molecule has 2 aromatic rings. The third-order valence-corrected chi connectivity index (χ3v) is 4.56. The molecule has 6 heteroatoms. The summed E-state index contributed by atoms with van der Waals surface area (Å²) in [4.78, 5) is 0. The van der Waals surface area contributed by atoms with Gasteiger partial charge in [-0.2, -0.15) is 0 Å². The molecule has 0 amide bonds. The Labute approximate surface area is 141 Å². The Morgan fingerprint density at radius 3 is 2.76 bits per heavy atom. The van der Waals surface area contributed by atoms with E-state index in [0.717, 1.165) is 26.3 Å². The van der Waals surface area contributed by atoms with Crippen molar-refractivity contribution in [3.8, 4) is 11.5 Å². The number of hydrogen-bond acceptors (Lipinski definition) is 3. The molecule has 1 N–H and O–H groups in total. The molecule has 2 aromatic carbocycles. The van der Waals surface area contributed by atoms with Crippen LogP contribution in [0.3, 0.4) is 0 Å². The molecule has 1 heterocycles. The van der Waals surface area contributed by atoms with Gasteiger partial charge in [0.25, 0.3) is 0 Å². The third kappa shape index (κ3) is 3.07. The van der Waals surface area contributed by atoms with Crippen molar-refractivity contribution in [2.24, 2.45) is 0 Å². The molecule has 0 bridgehead atoms. The minimum absolute atomic E-state index is 0.213. The van der Waals surface area contributed by atoms with Crippen molar-refractivity contribution in [2.45, 2.75) is 13.5 Å². The maximum Gasteiger partial charge on any atom is 0.231 e. The highest BCUT2D eigenvalue weighted by atomic mass is 79.9. The lowest BCUT2D eigenvalue weighted by Crippen LogP contribution is -2.00. The van der Waals surface area contributed by atoms with Crippen LogP contribution in [0.4, 0.5) is 5.69 Å². The Balaban J connectivity index is 1.79. The molecule has 0 saturated carbocycles. The molecule has 0 radical (unpaired) electrons. The molecule has 0 aromatic heterocycles. The summed E-state index contributed by atoms with van der Waals surface area (Å²) in [5, 5.41) is 4.61. The van der Waals surface area contributed by atoms with Gasteiger partial charge in [-0.15, -0.1) is 0 Å². The van der Waals surface area contributed by atoms with Gasteiger partial charge < -0.3 is 14.8 Å². The number of ether oxygens (including phenoxy) is 2. The van der Waals surface area contributed by atoms with Crippen LogP contribution in [0.2, 0.25) is 10.0 Å². The average molecular weight is 389 g/mol. The quantitative estimate of drug-likeness (QED) is 0.762. The van der Waals surface area contributed by atoms with E-state index in [-0.39, 0.29) is 6.79 Å². The fraction of sp³-hybridized carbons (Fsp3) is 0.200. The highest BCUT2D eigenvalue weighted by molar-refractivity contribution is 9.10. The van der Waals surface area contributed by atoms with Crippen LogP contribution in [-0.4, -0.2) is 6.79 Å². The van der Waals surface area contributed by atoms with Gasteiger partial charge in [0.2, 0.25) is 6.79 Å². The highest BCUT2D eigenvalue weighted by Crippen LogP contribution is 2.40. The molecule has 0 spiro atoms. The molecule has 0 atom stereocenters. The van der Waals surface area contributed by atoms with Crippen molar-refractivity contribution >= 4 is 44.8 Å². The third-order valence-electron chi connectivity index (χ3n) is 3.22. The summed E-state index contributed by atoms with van der Waals surface area (Å²) in [5.41, 5.74) is 2.97. The van der Waals surface area contributed by atoms with Crippen LogP contribution in [0.1, 0.15) is 11.1 Å². The number of nitrogens with one attached hydrogen (secondary N) is 1. The first-order chi connectivity index (χ1) is 10.0. The van der Waals surface area contributed by atoms with E-state index in [1.54, 1.807) is 0 Å². The first kappa shape index (κ1) is 14.8. The number of rotatable bonds is 3. The maximum absolute atomic E-state index is 6.17. The van der Waals surface area contributed by atoms with Gasteiger partial charge in [-0.3, -0.25) is 0 Å². The lowest BCUT2D eigenvalue weighted by Gasteiger charge is -2.11. The fourth-order valence-electron chi connectivity index (χ4n) is 2.10. The molecule has 0 aliphatic carbocycles. The molecule has 3 rings (SSSR count). The smallest absolute Gasteiger partial charge is 0.231 e. The SMILES string of the molecule is Cc1cc(Br)c(NCc2cc(Cl)c3c(c2)OCO3)cc1Cl. The summed E-state index contributed by atoms with van der Waals surface area (Å²) in [6.07, 6.45) is 0. The predicted octanol–water partition coefficient (Wildman–Crippen LogP) is 5.41. The zero-order chi connectivity index (χ0) is 15.0. The Bertz CT molecular complexity index is 707. The van der Waals surface area contributed by atoms with Crippen molar-refractivity contribution in [3.63, 3.8) is 0 Å². The second-order valence-electron chi connectivity index (χ2n) is 4.75. The number of benzene rings is 2. The van der Waals surface area contributed by atoms with E-state index in [9.17, 15) is 0 Å².